The van der Waals surface area contributed by atoms with Crippen LogP contribution in [0.3, 0.4) is 0 Å². The van der Waals surface area contributed by atoms with Gasteiger partial charge in [-0.3, -0.25) is 14.4 Å². The summed E-state index contributed by atoms with van der Waals surface area (Å²) in [7, 11) is 0. The second-order valence-corrected chi connectivity index (χ2v) is 5.33. The predicted octanol–water partition coefficient (Wildman–Crippen LogP) is -0.252. The second kappa shape index (κ2) is 5.56. The maximum atomic E-state index is 12.0. The Hall–Kier alpha value is -1.63. The number of carboxylic acids is 2. The van der Waals surface area contributed by atoms with Crippen molar-refractivity contribution >= 4 is 17.8 Å². The van der Waals surface area contributed by atoms with E-state index in [9.17, 15) is 19.5 Å². The molecule has 1 heterocycles. The highest BCUT2D eigenvalue weighted by molar-refractivity contribution is 5.87. The first-order valence-electron chi connectivity index (χ1n) is 6.20. The lowest BCUT2D eigenvalue weighted by Gasteiger charge is -2.29. The molecule has 7 heteroatoms. The van der Waals surface area contributed by atoms with Crippen molar-refractivity contribution in [3.63, 3.8) is 0 Å². The average molecular weight is 272 g/mol. The number of amides is 1. The van der Waals surface area contributed by atoms with Gasteiger partial charge in [0, 0.05) is 13.1 Å². The van der Waals surface area contributed by atoms with Crippen LogP contribution in [-0.2, 0) is 14.4 Å². The molecule has 0 aromatic rings. The third-order valence-corrected chi connectivity index (χ3v) is 3.86. The minimum absolute atomic E-state index is 0.0894. The van der Waals surface area contributed by atoms with E-state index in [1.165, 1.54) is 4.90 Å². The number of nitrogens with two attached hydrogens (primary N) is 1. The van der Waals surface area contributed by atoms with E-state index in [2.05, 4.69) is 0 Å². The van der Waals surface area contributed by atoms with Gasteiger partial charge < -0.3 is 20.8 Å². The molecule has 2 unspecified atom stereocenters. The van der Waals surface area contributed by atoms with E-state index in [1.807, 2.05) is 0 Å². The largest absolute Gasteiger partial charge is 0.481 e. The standard InChI is InChI=1S/C12H20N2O5/c1-7(2)12(11(18)19)3-4-14(6-12)10(17)8(13)5-9(15)16/h7-8H,3-6,13H2,1-2H3,(H,15,16)(H,18,19). The summed E-state index contributed by atoms with van der Waals surface area (Å²) in [4.78, 5) is 35.3. The molecular formula is C12H20N2O5. The number of hydrogen-bond donors (Lipinski definition) is 3. The summed E-state index contributed by atoms with van der Waals surface area (Å²) < 4.78 is 0. The molecule has 0 aromatic carbocycles. The van der Waals surface area contributed by atoms with Gasteiger partial charge in [-0.1, -0.05) is 13.8 Å². The maximum Gasteiger partial charge on any atom is 0.311 e. The van der Waals surface area contributed by atoms with E-state index in [0.717, 1.165) is 0 Å². The van der Waals surface area contributed by atoms with Gasteiger partial charge in [-0.25, -0.2) is 0 Å². The summed E-state index contributed by atoms with van der Waals surface area (Å²) in [6, 6.07) is -1.12. The van der Waals surface area contributed by atoms with Crippen LogP contribution in [-0.4, -0.2) is 52.1 Å². The first kappa shape index (κ1) is 15.4. The summed E-state index contributed by atoms with van der Waals surface area (Å²) in [5, 5.41) is 18.0. The van der Waals surface area contributed by atoms with Crippen LogP contribution in [0.5, 0.6) is 0 Å². The molecule has 1 aliphatic heterocycles. The lowest BCUT2D eigenvalue weighted by atomic mass is 9.76. The van der Waals surface area contributed by atoms with Crippen LogP contribution >= 0.6 is 0 Å². The number of carbonyl (C=O) groups is 3. The number of carboxylic acid groups (broad SMARTS) is 2. The van der Waals surface area contributed by atoms with Gasteiger partial charge in [-0.05, 0) is 12.3 Å². The van der Waals surface area contributed by atoms with Crippen molar-refractivity contribution in [1.82, 2.24) is 4.90 Å². The van der Waals surface area contributed by atoms with E-state index < -0.39 is 35.7 Å². The van der Waals surface area contributed by atoms with E-state index in [4.69, 9.17) is 10.8 Å². The zero-order valence-corrected chi connectivity index (χ0v) is 11.1. The average Bonchev–Trinajstić information content (AvgIpc) is 2.72. The third kappa shape index (κ3) is 3.04. The summed E-state index contributed by atoms with van der Waals surface area (Å²) in [5.41, 5.74) is 4.56. The fourth-order valence-corrected chi connectivity index (χ4v) is 2.42. The summed E-state index contributed by atoms with van der Waals surface area (Å²) >= 11 is 0. The number of carbonyl (C=O) groups excluding carboxylic acids is 1. The van der Waals surface area contributed by atoms with Crippen LogP contribution in [0.15, 0.2) is 0 Å². The molecule has 1 aliphatic rings. The minimum atomic E-state index is -1.14. The molecule has 108 valence electrons. The Labute approximate surface area is 111 Å². The van der Waals surface area contributed by atoms with Crippen molar-refractivity contribution in [1.29, 1.82) is 0 Å². The molecule has 0 bridgehead atoms. The van der Waals surface area contributed by atoms with Crippen LogP contribution in [0.4, 0.5) is 0 Å². The molecule has 7 nitrogen and oxygen atoms in total. The fourth-order valence-electron chi connectivity index (χ4n) is 2.42. The molecular weight excluding hydrogens is 252 g/mol. The molecule has 1 rings (SSSR count). The van der Waals surface area contributed by atoms with Crippen molar-refractivity contribution in [2.45, 2.75) is 32.7 Å². The van der Waals surface area contributed by atoms with Crippen LogP contribution < -0.4 is 5.73 Å². The first-order valence-corrected chi connectivity index (χ1v) is 6.20. The number of aliphatic carboxylic acids is 2. The third-order valence-electron chi connectivity index (χ3n) is 3.86. The Kier molecular flexibility index (Phi) is 4.52. The van der Waals surface area contributed by atoms with Crippen molar-refractivity contribution < 1.29 is 24.6 Å². The van der Waals surface area contributed by atoms with Gasteiger partial charge in [-0.2, -0.15) is 0 Å². The van der Waals surface area contributed by atoms with E-state index >= 15 is 0 Å². The Morgan fingerprint density at radius 2 is 1.89 bits per heavy atom. The van der Waals surface area contributed by atoms with Gasteiger partial charge in [0.2, 0.25) is 5.91 Å². The van der Waals surface area contributed by atoms with Gasteiger partial charge in [0.15, 0.2) is 0 Å². The molecule has 0 spiro atoms. The van der Waals surface area contributed by atoms with Crippen LogP contribution in [0, 0.1) is 11.3 Å². The first-order chi connectivity index (χ1) is 8.70. The second-order valence-electron chi connectivity index (χ2n) is 5.33. The summed E-state index contributed by atoms with van der Waals surface area (Å²) in [6.45, 7) is 4.00. The Bertz CT molecular complexity index is 396. The highest BCUT2D eigenvalue weighted by atomic mass is 16.4. The molecule has 4 N–H and O–H groups in total. The van der Waals surface area contributed by atoms with Crippen LogP contribution in [0.25, 0.3) is 0 Å². The van der Waals surface area contributed by atoms with Crippen molar-refractivity contribution in [3.8, 4) is 0 Å². The molecule has 1 amide bonds. The number of nitrogens with zero attached hydrogens (tertiary/aromatic N) is 1. The number of rotatable bonds is 5. The van der Waals surface area contributed by atoms with Gasteiger partial charge in [-0.15, -0.1) is 0 Å². The van der Waals surface area contributed by atoms with Gasteiger partial charge >= 0.3 is 11.9 Å². The minimum Gasteiger partial charge on any atom is -0.481 e. The quantitative estimate of drug-likeness (QED) is 0.634. The highest BCUT2D eigenvalue weighted by Gasteiger charge is 2.48. The molecule has 19 heavy (non-hydrogen) atoms. The normalized spacial score (nSPS) is 24.5. The zero-order valence-electron chi connectivity index (χ0n) is 11.1. The van der Waals surface area contributed by atoms with E-state index in [-0.39, 0.29) is 12.5 Å². The lowest BCUT2D eigenvalue weighted by Crippen LogP contribution is -2.46. The SMILES string of the molecule is CC(C)C1(C(=O)O)CCN(C(=O)C(N)CC(=O)O)C1. The lowest BCUT2D eigenvalue weighted by molar-refractivity contribution is -0.151. The monoisotopic (exact) mass is 272 g/mol. The van der Waals surface area contributed by atoms with Crippen molar-refractivity contribution in [3.05, 3.63) is 0 Å². The van der Waals surface area contributed by atoms with Crippen LogP contribution in [0.1, 0.15) is 26.7 Å². The van der Waals surface area contributed by atoms with Gasteiger partial charge in [0.1, 0.15) is 0 Å². The Morgan fingerprint density at radius 3 is 2.26 bits per heavy atom. The fraction of sp³-hybridized carbons (Fsp3) is 0.750. The van der Waals surface area contributed by atoms with Crippen LogP contribution in [0.2, 0.25) is 0 Å². The molecule has 0 radical (unpaired) electrons. The van der Waals surface area contributed by atoms with Gasteiger partial charge in [0.05, 0.1) is 17.9 Å². The van der Waals surface area contributed by atoms with E-state index in [0.29, 0.717) is 13.0 Å². The molecule has 1 saturated heterocycles. The molecule has 2 atom stereocenters. The molecule has 0 aromatic heterocycles. The number of likely N-dealkylation sites (tertiary alicyclic amines) is 1. The van der Waals surface area contributed by atoms with Gasteiger partial charge in [0.25, 0.3) is 0 Å². The van der Waals surface area contributed by atoms with Crippen molar-refractivity contribution in [2.24, 2.45) is 17.1 Å². The number of hydrogen-bond acceptors (Lipinski definition) is 4. The Morgan fingerprint density at radius 1 is 1.32 bits per heavy atom. The molecule has 0 saturated carbocycles. The maximum absolute atomic E-state index is 12.0. The summed E-state index contributed by atoms with van der Waals surface area (Å²) in [5.74, 6) is -2.68. The predicted molar refractivity (Wildman–Crippen MR) is 66.3 cm³/mol. The highest BCUT2D eigenvalue weighted by Crippen LogP contribution is 2.38. The molecule has 0 aliphatic carbocycles. The smallest absolute Gasteiger partial charge is 0.311 e. The van der Waals surface area contributed by atoms with E-state index in [1.54, 1.807) is 13.8 Å². The molecule has 1 fully saturated rings. The topological polar surface area (TPSA) is 121 Å². The van der Waals surface area contributed by atoms with Crippen molar-refractivity contribution in [2.75, 3.05) is 13.1 Å². The Balaban J connectivity index is 2.77. The summed E-state index contributed by atoms with van der Waals surface area (Å²) in [6.07, 6.45) is -0.0807. The zero-order chi connectivity index (χ0) is 14.8.